The summed E-state index contributed by atoms with van der Waals surface area (Å²) in [4.78, 5) is 38.3. The van der Waals surface area contributed by atoms with Gasteiger partial charge in [0, 0.05) is 6.42 Å². The smallest absolute Gasteiger partial charge is 0.417 e. The van der Waals surface area contributed by atoms with Crippen LogP contribution in [0, 0.1) is 6.92 Å². The van der Waals surface area contributed by atoms with E-state index in [2.05, 4.69) is 5.32 Å². The first-order valence-corrected chi connectivity index (χ1v) is 8.98. The van der Waals surface area contributed by atoms with Crippen molar-refractivity contribution < 1.29 is 23.9 Å². The number of nitrogens with one attached hydrogen (secondary N) is 1. The molecular weight excluding hydrogens is 360 g/mol. The fourth-order valence-corrected chi connectivity index (χ4v) is 3.09. The quantitative estimate of drug-likeness (QED) is 0.858. The summed E-state index contributed by atoms with van der Waals surface area (Å²) in [6.45, 7) is 1.92. The van der Waals surface area contributed by atoms with E-state index in [1.54, 1.807) is 12.1 Å². The molecule has 0 bridgehead atoms. The molecule has 0 aliphatic carbocycles. The zero-order valence-corrected chi connectivity index (χ0v) is 15.8. The Balaban J connectivity index is 1.70. The summed E-state index contributed by atoms with van der Waals surface area (Å²) < 4.78 is 10.5. The SMILES string of the molecule is COc1ccc(C)cc1NC(=O)[C@@H]1CCC(=O)N1C(=O)OCc1ccccc1. The first kappa shape index (κ1) is 19.4. The molecule has 1 N–H and O–H groups in total. The molecule has 146 valence electrons. The van der Waals surface area contributed by atoms with Gasteiger partial charge >= 0.3 is 6.09 Å². The molecule has 0 radical (unpaired) electrons. The first-order valence-electron chi connectivity index (χ1n) is 8.98. The Morgan fingerprint density at radius 2 is 1.93 bits per heavy atom. The van der Waals surface area contributed by atoms with E-state index in [1.807, 2.05) is 43.3 Å². The van der Waals surface area contributed by atoms with Gasteiger partial charge in [0.1, 0.15) is 18.4 Å². The van der Waals surface area contributed by atoms with E-state index < -0.39 is 23.9 Å². The van der Waals surface area contributed by atoms with Crippen LogP contribution in [-0.2, 0) is 20.9 Å². The number of anilines is 1. The van der Waals surface area contributed by atoms with Gasteiger partial charge in [0.05, 0.1) is 12.8 Å². The molecule has 1 heterocycles. The Kier molecular flexibility index (Phi) is 5.93. The molecular formula is C21H22N2O5. The number of hydrogen-bond donors (Lipinski definition) is 1. The number of rotatable bonds is 5. The third-order valence-corrected chi connectivity index (χ3v) is 4.53. The summed E-state index contributed by atoms with van der Waals surface area (Å²) >= 11 is 0. The number of aryl methyl sites for hydroxylation is 1. The molecule has 2 aromatic rings. The summed E-state index contributed by atoms with van der Waals surface area (Å²) in [6.07, 6.45) is -0.453. The molecule has 3 amide bonds. The molecule has 2 aromatic carbocycles. The monoisotopic (exact) mass is 382 g/mol. The average Bonchev–Trinajstić information content (AvgIpc) is 3.09. The number of carbonyl (C=O) groups excluding carboxylic acids is 3. The van der Waals surface area contributed by atoms with E-state index in [0.29, 0.717) is 11.4 Å². The van der Waals surface area contributed by atoms with Crippen LogP contribution in [-0.4, -0.2) is 36.0 Å². The van der Waals surface area contributed by atoms with Gasteiger partial charge in [-0.2, -0.15) is 0 Å². The summed E-state index contributed by atoms with van der Waals surface area (Å²) in [5.74, 6) is -0.373. The van der Waals surface area contributed by atoms with Crippen LogP contribution in [0.4, 0.5) is 10.5 Å². The Bertz CT molecular complexity index is 882. The standard InChI is InChI=1S/C21H22N2O5/c1-14-8-10-18(27-2)16(12-14)22-20(25)17-9-11-19(24)23(17)21(26)28-13-15-6-4-3-5-7-15/h3-8,10,12,17H,9,11,13H2,1-2H3,(H,22,25)/t17-/m0/s1. The maximum absolute atomic E-state index is 12.8. The second-order valence-electron chi connectivity index (χ2n) is 6.55. The zero-order chi connectivity index (χ0) is 20.1. The maximum atomic E-state index is 12.8. The number of methoxy groups -OCH3 is 1. The Morgan fingerprint density at radius 1 is 1.18 bits per heavy atom. The van der Waals surface area contributed by atoms with Gasteiger partial charge in [-0.3, -0.25) is 9.59 Å². The third kappa shape index (κ3) is 4.31. The number of amides is 3. The van der Waals surface area contributed by atoms with Crippen LogP contribution in [0.25, 0.3) is 0 Å². The molecule has 1 atom stereocenters. The van der Waals surface area contributed by atoms with Crippen LogP contribution in [0.5, 0.6) is 5.75 Å². The lowest BCUT2D eigenvalue weighted by Crippen LogP contribution is -2.45. The van der Waals surface area contributed by atoms with Crippen molar-refractivity contribution in [3.63, 3.8) is 0 Å². The van der Waals surface area contributed by atoms with Crippen molar-refractivity contribution in [2.75, 3.05) is 12.4 Å². The summed E-state index contributed by atoms with van der Waals surface area (Å²) in [6, 6.07) is 13.6. The van der Waals surface area contributed by atoms with E-state index in [-0.39, 0.29) is 19.4 Å². The molecule has 1 fully saturated rings. The van der Waals surface area contributed by atoms with E-state index in [1.165, 1.54) is 7.11 Å². The van der Waals surface area contributed by atoms with Gasteiger partial charge in [0.2, 0.25) is 11.8 Å². The van der Waals surface area contributed by atoms with Gasteiger partial charge in [-0.25, -0.2) is 9.69 Å². The van der Waals surface area contributed by atoms with E-state index in [4.69, 9.17) is 9.47 Å². The van der Waals surface area contributed by atoms with Crippen LogP contribution in [0.15, 0.2) is 48.5 Å². The lowest BCUT2D eigenvalue weighted by molar-refractivity contribution is -0.131. The molecule has 1 aliphatic heterocycles. The topological polar surface area (TPSA) is 84.9 Å². The molecule has 1 aliphatic rings. The zero-order valence-electron chi connectivity index (χ0n) is 15.8. The molecule has 28 heavy (non-hydrogen) atoms. The van der Waals surface area contributed by atoms with Crippen molar-refractivity contribution in [2.24, 2.45) is 0 Å². The maximum Gasteiger partial charge on any atom is 0.417 e. The van der Waals surface area contributed by atoms with Crippen molar-refractivity contribution >= 4 is 23.6 Å². The molecule has 0 unspecified atom stereocenters. The minimum Gasteiger partial charge on any atom is -0.495 e. The van der Waals surface area contributed by atoms with Crippen LogP contribution < -0.4 is 10.1 Å². The Morgan fingerprint density at radius 3 is 2.64 bits per heavy atom. The number of hydrogen-bond acceptors (Lipinski definition) is 5. The minimum atomic E-state index is -0.916. The van der Waals surface area contributed by atoms with Crippen LogP contribution in [0.1, 0.15) is 24.0 Å². The first-order chi connectivity index (χ1) is 13.5. The number of nitrogens with zero attached hydrogens (tertiary/aromatic N) is 1. The average molecular weight is 382 g/mol. The molecule has 0 spiro atoms. The number of imide groups is 1. The van der Waals surface area contributed by atoms with Gasteiger partial charge in [0.15, 0.2) is 0 Å². The molecule has 0 saturated carbocycles. The molecule has 1 saturated heterocycles. The highest BCUT2D eigenvalue weighted by molar-refractivity contribution is 6.05. The summed E-state index contributed by atoms with van der Waals surface area (Å²) in [7, 11) is 1.51. The van der Waals surface area contributed by atoms with Gasteiger partial charge in [0.25, 0.3) is 0 Å². The lowest BCUT2D eigenvalue weighted by Gasteiger charge is -2.22. The van der Waals surface area contributed by atoms with Crippen LogP contribution >= 0.6 is 0 Å². The van der Waals surface area contributed by atoms with Gasteiger partial charge in [-0.15, -0.1) is 0 Å². The van der Waals surface area contributed by atoms with E-state index >= 15 is 0 Å². The van der Waals surface area contributed by atoms with Crippen molar-refractivity contribution in [3.05, 3.63) is 59.7 Å². The van der Waals surface area contributed by atoms with Crippen LogP contribution in [0.2, 0.25) is 0 Å². The number of carbonyl (C=O) groups is 3. The second-order valence-corrected chi connectivity index (χ2v) is 6.55. The van der Waals surface area contributed by atoms with Crippen molar-refractivity contribution in [1.82, 2.24) is 4.90 Å². The van der Waals surface area contributed by atoms with E-state index in [0.717, 1.165) is 16.0 Å². The van der Waals surface area contributed by atoms with Crippen molar-refractivity contribution in [1.29, 1.82) is 0 Å². The Labute approximate surface area is 163 Å². The number of benzene rings is 2. The number of likely N-dealkylation sites (tertiary alicyclic amines) is 1. The minimum absolute atomic E-state index is 0.0312. The highest BCUT2D eigenvalue weighted by atomic mass is 16.6. The highest BCUT2D eigenvalue weighted by Gasteiger charge is 2.41. The normalized spacial score (nSPS) is 16.0. The fourth-order valence-electron chi connectivity index (χ4n) is 3.09. The second kappa shape index (κ2) is 8.56. The fraction of sp³-hybridized carbons (Fsp3) is 0.286. The van der Waals surface area contributed by atoms with Gasteiger partial charge < -0.3 is 14.8 Å². The largest absolute Gasteiger partial charge is 0.495 e. The third-order valence-electron chi connectivity index (χ3n) is 4.53. The summed E-state index contributed by atoms with van der Waals surface area (Å²) in [5, 5.41) is 2.76. The van der Waals surface area contributed by atoms with E-state index in [9.17, 15) is 14.4 Å². The predicted octanol–water partition coefficient (Wildman–Crippen LogP) is 3.27. The highest BCUT2D eigenvalue weighted by Crippen LogP contribution is 2.27. The number of ether oxygens (including phenoxy) is 2. The Hall–Kier alpha value is -3.35. The molecule has 0 aromatic heterocycles. The molecule has 7 heteroatoms. The lowest BCUT2D eigenvalue weighted by atomic mass is 10.1. The van der Waals surface area contributed by atoms with Crippen LogP contribution in [0.3, 0.4) is 0 Å². The van der Waals surface area contributed by atoms with Crippen molar-refractivity contribution in [3.8, 4) is 5.75 Å². The van der Waals surface area contributed by atoms with Gasteiger partial charge in [-0.05, 0) is 36.6 Å². The predicted molar refractivity (Wildman–Crippen MR) is 103 cm³/mol. The molecule has 7 nitrogen and oxygen atoms in total. The summed E-state index contributed by atoms with van der Waals surface area (Å²) in [5.41, 5.74) is 2.23. The van der Waals surface area contributed by atoms with Crippen molar-refractivity contribution in [2.45, 2.75) is 32.4 Å². The van der Waals surface area contributed by atoms with Gasteiger partial charge in [-0.1, -0.05) is 36.4 Å². The molecule has 3 rings (SSSR count).